The highest BCUT2D eigenvalue weighted by Crippen LogP contribution is 2.22. The van der Waals surface area contributed by atoms with E-state index in [-0.39, 0.29) is 11.5 Å². The predicted octanol–water partition coefficient (Wildman–Crippen LogP) is 1.84. The Kier molecular flexibility index (Phi) is 3.38. The van der Waals surface area contributed by atoms with Crippen molar-refractivity contribution in [2.75, 3.05) is 0 Å². The smallest absolute Gasteiger partial charge is 0.123 e. The van der Waals surface area contributed by atoms with Crippen molar-refractivity contribution in [1.82, 2.24) is 10.3 Å². The van der Waals surface area contributed by atoms with E-state index in [2.05, 4.69) is 10.3 Å². The maximum Gasteiger partial charge on any atom is 0.123 e. The van der Waals surface area contributed by atoms with E-state index in [0.29, 0.717) is 6.54 Å². The summed E-state index contributed by atoms with van der Waals surface area (Å²) in [4.78, 5) is 5.12. The molecule has 0 unspecified atom stereocenters. The van der Waals surface area contributed by atoms with Crippen LogP contribution in [0.25, 0.3) is 0 Å². The minimum atomic E-state index is 0.0729. The Morgan fingerprint density at radius 3 is 2.81 bits per heavy atom. The second-order valence-electron chi connectivity index (χ2n) is 3.38. The molecule has 0 fully saturated rings. The molecule has 0 spiro atoms. The third-order valence-corrected chi connectivity index (χ3v) is 2.95. The van der Waals surface area contributed by atoms with Gasteiger partial charge in [-0.3, -0.25) is 4.98 Å². The summed E-state index contributed by atoms with van der Waals surface area (Å²) in [5.41, 5.74) is 2.55. The van der Waals surface area contributed by atoms with E-state index in [1.54, 1.807) is 29.0 Å². The van der Waals surface area contributed by atoms with Crippen LogP contribution in [0.2, 0.25) is 0 Å². The minimum absolute atomic E-state index is 0.0729. The van der Waals surface area contributed by atoms with Crippen LogP contribution in [0.15, 0.2) is 29.9 Å². The Morgan fingerprint density at radius 2 is 2.12 bits per heavy atom. The lowest BCUT2D eigenvalue weighted by atomic mass is 10.2. The Balaban J connectivity index is 1.90. The molecule has 1 aromatic carbocycles. The van der Waals surface area contributed by atoms with Crippen molar-refractivity contribution < 1.29 is 10.2 Å². The van der Waals surface area contributed by atoms with E-state index in [9.17, 15) is 5.11 Å². The van der Waals surface area contributed by atoms with E-state index >= 15 is 0 Å². The standard InChI is InChI=1S/C11H12N2O2S/c14-9-2-1-8(11(15)3-9)4-12-5-10-6-13-7-16-10/h1-3,6-7,12,14-15H,4-5H2. The first kappa shape index (κ1) is 10.9. The monoisotopic (exact) mass is 236 g/mol. The second kappa shape index (κ2) is 4.96. The molecular formula is C11H12N2O2S. The summed E-state index contributed by atoms with van der Waals surface area (Å²) in [5.74, 6) is 0.181. The average molecular weight is 236 g/mol. The van der Waals surface area contributed by atoms with E-state index in [0.717, 1.165) is 17.0 Å². The van der Waals surface area contributed by atoms with Gasteiger partial charge in [0.15, 0.2) is 0 Å². The van der Waals surface area contributed by atoms with Crippen LogP contribution < -0.4 is 5.32 Å². The van der Waals surface area contributed by atoms with Gasteiger partial charge in [0.05, 0.1) is 5.51 Å². The fraction of sp³-hybridized carbons (Fsp3) is 0.182. The third kappa shape index (κ3) is 2.71. The first-order valence-corrected chi connectivity index (χ1v) is 5.72. The summed E-state index contributed by atoms with van der Waals surface area (Å²) < 4.78 is 0. The number of aromatic nitrogens is 1. The van der Waals surface area contributed by atoms with Crippen LogP contribution in [0.3, 0.4) is 0 Å². The van der Waals surface area contributed by atoms with Crippen molar-refractivity contribution in [3.05, 3.63) is 40.3 Å². The van der Waals surface area contributed by atoms with E-state index in [1.165, 1.54) is 6.07 Å². The number of hydrogen-bond acceptors (Lipinski definition) is 5. The van der Waals surface area contributed by atoms with E-state index < -0.39 is 0 Å². The van der Waals surface area contributed by atoms with Crippen molar-refractivity contribution in [3.63, 3.8) is 0 Å². The Labute approximate surface area is 97.2 Å². The molecule has 0 atom stereocenters. The van der Waals surface area contributed by atoms with Gasteiger partial charge < -0.3 is 15.5 Å². The molecule has 2 aromatic rings. The average Bonchev–Trinajstić information content (AvgIpc) is 2.74. The van der Waals surface area contributed by atoms with Crippen molar-refractivity contribution in [1.29, 1.82) is 0 Å². The van der Waals surface area contributed by atoms with Crippen molar-refractivity contribution in [3.8, 4) is 11.5 Å². The topological polar surface area (TPSA) is 65.4 Å². The van der Waals surface area contributed by atoms with Crippen molar-refractivity contribution in [2.45, 2.75) is 13.1 Å². The molecule has 3 N–H and O–H groups in total. The zero-order valence-electron chi connectivity index (χ0n) is 8.55. The SMILES string of the molecule is Oc1ccc(CNCc2cncs2)c(O)c1. The lowest BCUT2D eigenvalue weighted by Crippen LogP contribution is -2.11. The van der Waals surface area contributed by atoms with Gasteiger partial charge in [-0.25, -0.2) is 0 Å². The van der Waals surface area contributed by atoms with E-state index in [1.807, 2.05) is 6.20 Å². The molecule has 0 saturated carbocycles. The van der Waals surface area contributed by atoms with Crippen LogP contribution in [-0.2, 0) is 13.1 Å². The van der Waals surface area contributed by atoms with Crippen LogP contribution in [0.4, 0.5) is 0 Å². The highest BCUT2D eigenvalue weighted by Gasteiger charge is 2.02. The number of hydrogen-bond donors (Lipinski definition) is 3. The van der Waals surface area contributed by atoms with Gasteiger partial charge in [0.2, 0.25) is 0 Å². The first-order chi connectivity index (χ1) is 7.75. The number of aromatic hydroxyl groups is 2. The molecule has 1 heterocycles. The first-order valence-electron chi connectivity index (χ1n) is 4.84. The van der Waals surface area contributed by atoms with Crippen LogP contribution in [0.5, 0.6) is 11.5 Å². The second-order valence-corrected chi connectivity index (χ2v) is 4.36. The van der Waals surface area contributed by atoms with Gasteiger partial charge in [-0.2, -0.15) is 0 Å². The number of nitrogens with zero attached hydrogens (tertiary/aromatic N) is 1. The lowest BCUT2D eigenvalue weighted by molar-refractivity contribution is 0.443. The summed E-state index contributed by atoms with van der Waals surface area (Å²) in [7, 11) is 0. The molecule has 2 rings (SSSR count). The molecule has 0 amide bonds. The maximum absolute atomic E-state index is 9.54. The molecule has 0 aliphatic heterocycles. The number of phenols is 2. The number of rotatable bonds is 4. The van der Waals surface area contributed by atoms with Crippen LogP contribution in [0, 0.1) is 0 Å². The number of benzene rings is 1. The summed E-state index contributed by atoms with van der Waals surface area (Å²) in [5, 5.41) is 21.9. The quantitative estimate of drug-likeness (QED) is 0.758. The molecule has 5 heteroatoms. The van der Waals surface area contributed by atoms with Crippen LogP contribution >= 0.6 is 11.3 Å². The molecular weight excluding hydrogens is 224 g/mol. The minimum Gasteiger partial charge on any atom is -0.508 e. The lowest BCUT2D eigenvalue weighted by Gasteiger charge is -2.05. The molecule has 16 heavy (non-hydrogen) atoms. The normalized spacial score (nSPS) is 10.5. The summed E-state index contributed by atoms with van der Waals surface area (Å²) >= 11 is 1.59. The fourth-order valence-electron chi connectivity index (χ4n) is 1.35. The molecule has 1 aromatic heterocycles. The number of nitrogens with one attached hydrogen (secondary N) is 1. The summed E-state index contributed by atoms with van der Waals surface area (Å²) in [6.45, 7) is 1.29. The molecule has 4 nitrogen and oxygen atoms in total. The van der Waals surface area contributed by atoms with E-state index in [4.69, 9.17) is 5.11 Å². The van der Waals surface area contributed by atoms with Crippen molar-refractivity contribution in [2.24, 2.45) is 0 Å². The van der Waals surface area contributed by atoms with Gasteiger partial charge in [-0.15, -0.1) is 11.3 Å². The van der Waals surface area contributed by atoms with Gasteiger partial charge in [0.25, 0.3) is 0 Å². The van der Waals surface area contributed by atoms with Crippen LogP contribution in [-0.4, -0.2) is 15.2 Å². The van der Waals surface area contributed by atoms with Gasteiger partial charge >= 0.3 is 0 Å². The highest BCUT2D eigenvalue weighted by molar-refractivity contribution is 7.09. The zero-order chi connectivity index (χ0) is 11.4. The summed E-state index contributed by atoms with van der Waals surface area (Å²) in [6, 6.07) is 4.59. The largest absolute Gasteiger partial charge is 0.508 e. The molecule has 84 valence electrons. The zero-order valence-corrected chi connectivity index (χ0v) is 9.37. The molecule has 0 saturated heterocycles. The third-order valence-electron chi connectivity index (χ3n) is 2.17. The van der Waals surface area contributed by atoms with Gasteiger partial charge in [-0.05, 0) is 6.07 Å². The van der Waals surface area contributed by atoms with Crippen LogP contribution in [0.1, 0.15) is 10.4 Å². The summed E-state index contributed by atoms with van der Waals surface area (Å²) in [6.07, 6.45) is 1.81. The fourth-order valence-corrected chi connectivity index (χ4v) is 1.92. The van der Waals surface area contributed by atoms with Gasteiger partial charge in [0.1, 0.15) is 11.5 Å². The van der Waals surface area contributed by atoms with Gasteiger partial charge in [0, 0.05) is 35.8 Å². The maximum atomic E-state index is 9.54. The molecule has 0 radical (unpaired) electrons. The predicted molar refractivity (Wildman–Crippen MR) is 62.4 cm³/mol. The Morgan fingerprint density at radius 1 is 1.25 bits per heavy atom. The van der Waals surface area contributed by atoms with Crippen molar-refractivity contribution >= 4 is 11.3 Å². The Bertz CT molecular complexity index is 457. The molecule has 0 aliphatic carbocycles. The molecule has 0 aliphatic rings. The molecule has 0 bridgehead atoms. The number of phenolic OH excluding ortho intramolecular Hbond substituents is 2. The highest BCUT2D eigenvalue weighted by atomic mass is 32.1. The Hall–Kier alpha value is -1.59. The number of thiazole rings is 1. The van der Waals surface area contributed by atoms with Gasteiger partial charge in [-0.1, -0.05) is 6.07 Å².